The van der Waals surface area contributed by atoms with Crippen molar-refractivity contribution in [3.63, 3.8) is 0 Å². The second kappa shape index (κ2) is 6.63. The molecule has 2 aromatic heterocycles. The predicted octanol–water partition coefficient (Wildman–Crippen LogP) is 3.93. The van der Waals surface area contributed by atoms with Crippen LogP contribution in [0.2, 0.25) is 0 Å². The topological polar surface area (TPSA) is 89.4 Å². The average Bonchev–Trinajstić information content (AvgIpc) is 3.09. The van der Waals surface area contributed by atoms with Crippen LogP contribution in [0.1, 0.15) is 55.1 Å². The Morgan fingerprint density at radius 3 is 2.38 bits per heavy atom. The van der Waals surface area contributed by atoms with Crippen LogP contribution >= 0.6 is 0 Å². The van der Waals surface area contributed by atoms with E-state index in [-0.39, 0.29) is 17.2 Å². The van der Waals surface area contributed by atoms with Crippen LogP contribution < -0.4 is 0 Å². The zero-order valence-corrected chi connectivity index (χ0v) is 15.1. The minimum absolute atomic E-state index is 0.0859. The molecule has 3 aromatic rings. The number of carbonyl (C=O) groups is 3. The van der Waals surface area contributed by atoms with Crippen LogP contribution in [0.5, 0.6) is 0 Å². The van der Waals surface area contributed by atoms with E-state index in [0.29, 0.717) is 28.0 Å². The number of ketones is 2. The van der Waals surface area contributed by atoms with Crippen molar-refractivity contribution in [1.29, 1.82) is 0 Å². The van der Waals surface area contributed by atoms with Gasteiger partial charge in [0.1, 0.15) is 5.58 Å². The Hall–Kier alpha value is -3.15. The lowest BCUT2D eigenvalue weighted by molar-refractivity contribution is 0.0444. The third-order valence-electron chi connectivity index (χ3n) is 4.43. The van der Waals surface area contributed by atoms with Crippen LogP contribution in [0.15, 0.2) is 28.7 Å². The van der Waals surface area contributed by atoms with Gasteiger partial charge in [-0.2, -0.15) is 0 Å². The van der Waals surface area contributed by atoms with E-state index in [9.17, 15) is 14.4 Å². The second-order valence-electron chi connectivity index (χ2n) is 6.23. The number of furan rings is 1. The molecule has 0 saturated carbocycles. The Morgan fingerprint density at radius 2 is 1.77 bits per heavy atom. The van der Waals surface area contributed by atoms with Crippen molar-refractivity contribution >= 4 is 28.5 Å². The van der Waals surface area contributed by atoms with Gasteiger partial charge in [-0.25, -0.2) is 4.79 Å². The van der Waals surface area contributed by atoms with Gasteiger partial charge in [0.05, 0.1) is 5.69 Å². The van der Waals surface area contributed by atoms with Gasteiger partial charge in [-0.3, -0.25) is 9.59 Å². The monoisotopic (exact) mass is 353 g/mol. The lowest BCUT2D eigenvalue weighted by atomic mass is 10.1. The first kappa shape index (κ1) is 17.7. The third kappa shape index (κ3) is 2.94. The molecular weight excluding hydrogens is 334 g/mol. The number of aromatic amines is 1. The van der Waals surface area contributed by atoms with Gasteiger partial charge in [0, 0.05) is 22.2 Å². The number of hydrogen-bond donors (Lipinski definition) is 1. The molecule has 0 fully saturated rings. The summed E-state index contributed by atoms with van der Waals surface area (Å²) in [5.74, 6) is -1.13. The van der Waals surface area contributed by atoms with Crippen LogP contribution in [0.25, 0.3) is 11.0 Å². The van der Waals surface area contributed by atoms with E-state index in [1.54, 1.807) is 26.8 Å². The summed E-state index contributed by atoms with van der Waals surface area (Å²) in [6, 6.07) is 7.28. The van der Waals surface area contributed by atoms with Crippen molar-refractivity contribution in [3.8, 4) is 0 Å². The molecule has 6 nitrogen and oxygen atoms in total. The van der Waals surface area contributed by atoms with Crippen LogP contribution in [0.3, 0.4) is 0 Å². The standard InChI is InChI=1S/C20H19NO5/c1-10-14-7-5-6-8-16(14)26-19(10)20(24)25-9-15(23)18-11(2)17(13(4)22)12(3)21-18/h5-8,21H,9H2,1-4H3. The summed E-state index contributed by atoms with van der Waals surface area (Å²) in [6.45, 7) is 6.19. The number of nitrogens with one attached hydrogen (secondary N) is 1. The molecule has 2 heterocycles. The van der Waals surface area contributed by atoms with Crippen molar-refractivity contribution in [2.24, 2.45) is 0 Å². The van der Waals surface area contributed by atoms with Crippen molar-refractivity contribution in [2.45, 2.75) is 27.7 Å². The number of ether oxygens (including phenoxy) is 1. The van der Waals surface area contributed by atoms with E-state index in [2.05, 4.69) is 4.98 Å². The Morgan fingerprint density at radius 1 is 1.08 bits per heavy atom. The lowest BCUT2D eigenvalue weighted by Gasteiger charge is -2.03. The molecule has 0 aliphatic rings. The first-order chi connectivity index (χ1) is 12.3. The highest BCUT2D eigenvalue weighted by molar-refractivity contribution is 6.04. The molecule has 26 heavy (non-hydrogen) atoms. The van der Waals surface area contributed by atoms with E-state index < -0.39 is 18.4 Å². The Balaban J connectivity index is 1.77. The number of hydrogen-bond acceptors (Lipinski definition) is 5. The van der Waals surface area contributed by atoms with Crippen LogP contribution in [0.4, 0.5) is 0 Å². The van der Waals surface area contributed by atoms with E-state index in [1.807, 2.05) is 18.2 Å². The van der Waals surface area contributed by atoms with Gasteiger partial charge < -0.3 is 14.1 Å². The summed E-state index contributed by atoms with van der Waals surface area (Å²) in [5.41, 5.74) is 3.22. The summed E-state index contributed by atoms with van der Waals surface area (Å²) in [6.07, 6.45) is 0. The molecule has 0 saturated heterocycles. The summed E-state index contributed by atoms with van der Waals surface area (Å²) >= 11 is 0. The number of para-hydroxylation sites is 1. The fourth-order valence-corrected chi connectivity index (χ4v) is 3.19. The fourth-order valence-electron chi connectivity index (χ4n) is 3.19. The van der Waals surface area contributed by atoms with Gasteiger partial charge in [-0.1, -0.05) is 18.2 Å². The van der Waals surface area contributed by atoms with Crippen LogP contribution in [0, 0.1) is 20.8 Å². The highest BCUT2D eigenvalue weighted by Gasteiger charge is 2.23. The molecule has 0 atom stereocenters. The zero-order chi connectivity index (χ0) is 19.0. The van der Waals surface area contributed by atoms with Gasteiger partial charge in [0.2, 0.25) is 11.5 Å². The molecule has 6 heteroatoms. The first-order valence-corrected chi connectivity index (χ1v) is 8.19. The molecule has 1 N–H and O–H groups in total. The number of carbonyl (C=O) groups excluding carboxylic acids is 3. The zero-order valence-electron chi connectivity index (χ0n) is 15.1. The van der Waals surface area contributed by atoms with E-state index in [4.69, 9.17) is 9.15 Å². The Labute approximate surface area is 150 Å². The Bertz CT molecular complexity index is 1040. The van der Waals surface area contributed by atoms with Crippen LogP contribution in [-0.2, 0) is 4.74 Å². The van der Waals surface area contributed by atoms with Crippen molar-refractivity contribution in [2.75, 3.05) is 6.61 Å². The highest BCUT2D eigenvalue weighted by Crippen LogP contribution is 2.25. The SMILES string of the molecule is CC(=O)c1c(C)[nH]c(C(=O)COC(=O)c2oc3ccccc3c2C)c1C. The van der Waals surface area contributed by atoms with Crippen LogP contribution in [-0.4, -0.2) is 29.1 Å². The fraction of sp³-hybridized carbons (Fsp3) is 0.250. The summed E-state index contributed by atoms with van der Waals surface area (Å²) in [4.78, 5) is 39.3. The molecule has 134 valence electrons. The molecule has 0 amide bonds. The summed E-state index contributed by atoms with van der Waals surface area (Å²) in [7, 11) is 0. The number of H-pyrrole nitrogens is 1. The smallest absolute Gasteiger partial charge is 0.375 e. The normalized spacial score (nSPS) is 10.9. The van der Waals surface area contributed by atoms with E-state index >= 15 is 0 Å². The summed E-state index contributed by atoms with van der Waals surface area (Å²) in [5, 5.41) is 0.827. The van der Waals surface area contributed by atoms with Gasteiger partial charge in [-0.15, -0.1) is 0 Å². The largest absolute Gasteiger partial charge is 0.451 e. The molecule has 0 unspecified atom stereocenters. The number of aromatic nitrogens is 1. The molecular formula is C20H19NO5. The summed E-state index contributed by atoms with van der Waals surface area (Å²) < 4.78 is 10.7. The molecule has 0 aliphatic heterocycles. The van der Waals surface area contributed by atoms with Gasteiger partial charge in [0.15, 0.2) is 12.4 Å². The number of Topliss-reactive ketones (excluding diaryl/α,β-unsaturated/α-hetero) is 2. The van der Waals surface area contributed by atoms with Crippen molar-refractivity contribution in [3.05, 3.63) is 58.1 Å². The highest BCUT2D eigenvalue weighted by atomic mass is 16.5. The predicted molar refractivity (Wildman–Crippen MR) is 95.8 cm³/mol. The molecule has 0 spiro atoms. The minimum Gasteiger partial charge on any atom is -0.451 e. The second-order valence-corrected chi connectivity index (χ2v) is 6.23. The van der Waals surface area contributed by atoms with E-state index in [0.717, 1.165) is 5.39 Å². The average molecular weight is 353 g/mol. The maximum Gasteiger partial charge on any atom is 0.375 e. The quantitative estimate of drug-likeness (QED) is 0.554. The Kier molecular flexibility index (Phi) is 4.50. The third-order valence-corrected chi connectivity index (χ3v) is 4.43. The molecule has 0 bridgehead atoms. The first-order valence-electron chi connectivity index (χ1n) is 8.19. The van der Waals surface area contributed by atoms with Gasteiger partial charge >= 0.3 is 5.97 Å². The van der Waals surface area contributed by atoms with Gasteiger partial charge in [0.25, 0.3) is 0 Å². The minimum atomic E-state index is -0.695. The number of rotatable bonds is 5. The molecule has 0 radical (unpaired) electrons. The number of fused-ring (bicyclic) bond motifs is 1. The molecule has 0 aliphatic carbocycles. The van der Waals surface area contributed by atoms with Gasteiger partial charge in [-0.05, 0) is 39.3 Å². The number of esters is 1. The number of aryl methyl sites for hydroxylation is 2. The number of benzene rings is 1. The van der Waals surface area contributed by atoms with Crippen molar-refractivity contribution < 1.29 is 23.5 Å². The molecule has 3 rings (SSSR count). The van der Waals surface area contributed by atoms with E-state index in [1.165, 1.54) is 6.92 Å². The lowest BCUT2D eigenvalue weighted by Crippen LogP contribution is -2.15. The van der Waals surface area contributed by atoms with Crippen molar-refractivity contribution in [1.82, 2.24) is 4.98 Å². The maximum absolute atomic E-state index is 12.4. The maximum atomic E-state index is 12.4. The molecule has 1 aromatic carbocycles.